The number of imide groups is 1. The van der Waals surface area contributed by atoms with E-state index in [-0.39, 0.29) is 23.7 Å². The Morgan fingerprint density at radius 3 is 2.23 bits per heavy atom. The predicted molar refractivity (Wildman–Crippen MR) is 140 cm³/mol. The molecule has 7 rings (SSSR count). The Kier molecular flexibility index (Phi) is 6.56. The highest BCUT2D eigenvalue weighted by molar-refractivity contribution is 7.13. The molecular weight excluding hydrogens is 456 g/mol. The number of aromatic nitrogens is 1. The molecular formula is C28H38N4O2S. The van der Waals surface area contributed by atoms with E-state index in [9.17, 15) is 9.59 Å². The third-order valence-electron chi connectivity index (χ3n) is 9.35. The number of rotatable bonds is 3. The van der Waals surface area contributed by atoms with E-state index >= 15 is 0 Å². The number of fused-ring (bicyclic) bond motifs is 6. The van der Waals surface area contributed by atoms with Crippen LogP contribution in [0.2, 0.25) is 0 Å². The van der Waals surface area contributed by atoms with Crippen LogP contribution < -0.4 is 4.90 Å². The van der Waals surface area contributed by atoms with Gasteiger partial charge in [0.15, 0.2) is 0 Å². The maximum absolute atomic E-state index is 12.6. The van der Waals surface area contributed by atoms with Crippen LogP contribution in [0, 0.1) is 29.6 Å². The number of likely N-dealkylation sites (N-methyl/N-ethyl adjacent to an activating group) is 1. The molecule has 2 bridgehead atoms. The van der Waals surface area contributed by atoms with Crippen molar-refractivity contribution in [3.63, 3.8) is 0 Å². The first-order valence-corrected chi connectivity index (χ1v) is 14.5. The Morgan fingerprint density at radius 1 is 0.886 bits per heavy atom. The summed E-state index contributed by atoms with van der Waals surface area (Å²) in [5.41, 5.74) is 0. The Morgan fingerprint density at radius 2 is 1.54 bits per heavy atom. The maximum Gasteiger partial charge on any atom is 0.233 e. The fourth-order valence-corrected chi connectivity index (χ4v) is 8.19. The molecule has 2 aromatic rings. The lowest BCUT2D eigenvalue weighted by atomic mass is 9.81. The zero-order chi connectivity index (χ0) is 23.9. The first-order valence-electron chi connectivity index (χ1n) is 13.7. The molecule has 6 nitrogen and oxygen atoms in total. The molecule has 35 heavy (non-hydrogen) atoms. The van der Waals surface area contributed by atoms with E-state index in [1.807, 2.05) is 0 Å². The molecule has 188 valence electrons. The fourth-order valence-electron chi connectivity index (χ4n) is 7.40. The Balaban J connectivity index is 0.000000133. The summed E-state index contributed by atoms with van der Waals surface area (Å²) in [5.74, 6) is 3.35. The Hall–Kier alpha value is -1.99. The van der Waals surface area contributed by atoms with Gasteiger partial charge in [-0.25, -0.2) is 0 Å². The average molecular weight is 495 g/mol. The van der Waals surface area contributed by atoms with Crippen molar-refractivity contribution < 1.29 is 9.59 Å². The van der Waals surface area contributed by atoms with Crippen LogP contribution in [0.25, 0.3) is 10.1 Å². The molecule has 3 heterocycles. The van der Waals surface area contributed by atoms with Crippen molar-refractivity contribution in [3.05, 3.63) is 24.3 Å². The number of nitrogens with zero attached hydrogens (tertiary/aromatic N) is 4. The largest absolute Gasteiger partial charge is 0.353 e. The zero-order valence-electron chi connectivity index (χ0n) is 20.9. The van der Waals surface area contributed by atoms with Crippen LogP contribution in [-0.4, -0.2) is 65.8 Å². The number of carbonyl (C=O) groups excluding carboxylic acids is 2. The van der Waals surface area contributed by atoms with Gasteiger partial charge in [-0.05, 0) is 80.6 Å². The van der Waals surface area contributed by atoms with Crippen molar-refractivity contribution in [2.24, 2.45) is 29.6 Å². The monoisotopic (exact) mass is 494 g/mol. The van der Waals surface area contributed by atoms with Gasteiger partial charge in [0.05, 0.1) is 16.5 Å². The summed E-state index contributed by atoms with van der Waals surface area (Å²) in [7, 11) is 2.18. The Bertz CT molecular complexity index is 1040. The van der Waals surface area contributed by atoms with Crippen molar-refractivity contribution in [1.29, 1.82) is 0 Å². The summed E-state index contributed by atoms with van der Waals surface area (Å²) in [4.78, 5) is 31.6. The summed E-state index contributed by atoms with van der Waals surface area (Å²) in [6.45, 7) is 5.16. The van der Waals surface area contributed by atoms with E-state index in [0.29, 0.717) is 17.8 Å². The van der Waals surface area contributed by atoms with Crippen LogP contribution in [0.4, 0.5) is 5.82 Å². The standard InChI is InChI=1S/C16H23NO2.C12H15N3S/c18-15-13-11-6-7-12(8-11)14(13)16(19)17(15)9-10-4-2-1-3-5-10;1-14-6-8-15(9-7-14)12-10-4-2-3-5-11(10)16-13-12/h10-14H,1-9H2;2-5H,6-9H2,1H3/t11-,12?,13?,14-;/m0./s1. The highest BCUT2D eigenvalue weighted by Gasteiger charge is 2.60. The predicted octanol–water partition coefficient (Wildman–Crippen LogP) is 4.65. The number of anilines is 1. The summed E-state index contributed by atoms with van der Waals surface area (Å²) in [6, 6.07) is 8.49. The smallest absolute Gasteiger partial charge is 0.233 e. The molecule has 0 N–H and O–H groups in total. The van der Waals surface area contributed by atoms with E-state index in [2.05, 4.69) is 45.5 Å². The quantitative estimate of drug-likeness (QED) is 0.582. The van der Waals surface area contributed by atoms with Crippen LogP contribution in [0.5, 0.6) is 0 Å². The minimum Gasteiger partial charge on any atom is -0.353 e. The molecule has 4 atom stereocenters. The number of hydrogen-bond donors (Lipinski definition) is 0. The molecule has 3 saturated carbocycles. The van der Waals surface area contributed by atoms with Gasteiger partial charge in [0, 0.05) is 38.1 Å². The molecule has 2 saturated heterocycles. The van der Waals surface area contributed by atoms with Gasteiger partial charge in [-0.15, -0.1) is 0 Å². The molecule has 5 fully saturated rings. The average Bonchev–Trinajstić information content (AvgIpc) is 3.66. The molecule has 2 amide bonds. The van der Waals surface area contributed by atoms with Gasteiger partial charge >= 0.3 is 0 Å². The van der Waals surface area contributed by atoms with Gasteiger partial charge in [0.25, 0.3) is 0 Å². The summed E-state index contributed by atoms with van der Waals surface area (Å²) < 4.78 is 5.88. The first kappa shape index (κ1) is 23.4. The number of amides is 2. The molecule has 1 aromatic heterocycles. The third-order valence-corrected chi connectivity index (χ3v) is 10.2. The molecule has 5 aliphatic rings. The SMILES string of the molecule is CN1CCN(c2nsc3ccccc23)CC1.O=C1C2[C@H]3CCC(C3)[C@@H]2C(=O)N1CC1CCCCC1. The number of hydrogen-bond acceptors (Lipinski definition) is 6. The highest BCUT2D eigenvalue weighted by atomic mass is 32.1. The third kappa shape index (κ3) is 4.39. The van der Waals surface area contributed by atoms with Crippen LogP contribution in [0.15, 0.2) is 24.3 Å². The molecule has 2 aliphatic heterocycles. The second-order valence-electron chi connectivity index (χ2n) is 11.5. The van der Waals surface area contributed by atoms with Gasteiger partial charge in [-0.3, -0.25) is 14.5 Å². The Labute approximate surface area is 212 Å². The van der Waals surface area contributed by atoms with E-state index in [1.165, 1.54) is 60.8 Å². The molecule has 7 heteroatoms. The van der Waals surface area contributed by atoms with Gasteiger partial charge in [0.1, 0.15) is 5.82 Å². The lowest BCUT2D eigenvalue weighted by Gasteiger charge is -2.32. The second kappa shape index (κ2) is 9.81. The van der Waals surface area contributed by atoms with Crippen LogP contribution in [0.1, 0.15) is 51.4 Å². The van der Waals surface area contributed by atoms with E-state index < -0.39 is 0 Å². The molecule has 1 aromatic carbocycles. The normalized spacial score (nSPS) is 31.2. The van der Waals surface area contributed by atoms with E-state index in [0.717, 1.165) is 39.1 Å². The minimum atomic E-state index is 0.0786. The van der Waals surface area contributed by atoms with Crippen molar-refractivity contribution in [1.82, 2.24) is 14.2 Å². The van der Waals surface area contributed by atoms with Crippen LogP contribution in [0.3, 0.4) is 0 Å². The van der Waals surface area contributed by atoms with Crippen molar-refractivity contribution in [3.8, 4) is 0 Å². The number of piperazine rings is 1. The summed E-state index contributed by atoms with van der Waals surface area (Å²) >= 11 is 1.60. The first-order chi connectivity index (χ1) is 17.1. The number of carbonyl (C=O) groups is 2. The van der Waals surface area contributed by atoms with Gasteiger partial charge in [-0.2, -0.15) is 4.37 Å². The lowest BCUT2D eigenvalue weighted by Crippen LogP contribution is -2.44. The topological polar surface area (TPSA) is 56.8 Å². The van der Waals surface area contributed by atoms with Crippen molar-refractivity contribution >= 4 is 39.3 Å². The fraction of sp³-hybridized carbons (Fsp3) is 0.679. The zero-order valence-corrected chi connectivity index (χ0v) is 21.7. The molecule has 0 spiro atoms. The van der Waals surface area contributed by atoms with Crippen LogP contribution in [-0.2, 0) is 9.59 Å². The molecule has 0 radical (unpaired) electrons. The number of benzene rings is 1. The molecule has 2 unspecified atom stereocenters. The number of likely N-dealkylation sites (tertiary alicyclic amines) is 1. The van der Waals surface area contributed by atoms with Crippen LogP contribution >= 0.6 is 11.5 Å². The van der Waals surface area contributed by atoms with E-state index in [4.69, 9.17) is 0 Å². The van der Waals surface area contributed by atoms with Gasteiger partial charge in [-0.1, -0.05) is 31.4 Å². The minimum absolute atomic E-state index is 0.0786. The highest BCUT2D eigenvalue weighted by Crippen LogP contribution is 2.56. The van der Waals surface area contributed by atoms with Crippen molar-refractivity contribution in [2.75, 3.05) is 44.7 Å². The van der Waals surface area contributed by atoms with Gasteiger partial charge < -0.3 is 9.80 Å². The summed E-state index contributed by atoms with van der Waals surface area (Å²) in [6.07, 6.45) is 9.80. The molecule has 3 aliphatic carbocycles. The lowest BCUT2D eigenvalue weighted by molar-refractivity contribution is -0.141. The van der Waals surface area contributed by atoms with Gasteiger partial charge in [0.2, 0.25) is 11.8 Å². The summed E-state index contributed by atoms with van der Waals surface area (Å²) in [5, 5.41) is 1.30. The van der Waals surface area contributed by atoms with E-state index in [1.54, 1.807) is 16.4 Å². The second-order valence-corrected chi connectivity index (χ2v) is 12.3. The van der Waals surface area contributed by atoms with Crippen molar-refractivity contribution in [2.45, 2.75) is 51.4 Å². The maximum atomic E-state index is 12.6.